The van der Waals surface area contributed by atoms with E-state index in [2.05, 4.69) is 14.9 Å². The molecule has 27 heavy (non-hydrogen) atoms. The monoisotopic (exact) mass is 381 g/mol. The van der Waals surface area contributed by atoms with Crippen LogP contribution in [0.25, 0.3) is 11.0 Å². The van der Waals surface area contributed by atoms with Gasteiger partial charge in [0.05, 0.1) is 22.4 Å². The van der Waals surface area contributed by atoms with Gasteiger partial charge in [0.25, 0.3) is 0 Å². The fraction of sp³-hybridized carbons (Fsp3) is 0.350. The number of nitrogens with zero attached hydrogens (tertiary/aromatic N) is 5. The molecule has 0 spiro atoms. The summed E-state index contributed by atoms with van der Waals surface area (Å²) in [5.74, 6) is 2.15. The lowest BCUT2D eigenvalue weighted by molar-refractivity contribution is -0.131. The summed E-state index contributed by atoms with van der Waals surface area (Å²) >= 11 is 5.93. The van der Waals surface area contributed by atoms with Gasteiger partial charge in [-0.3, -0.25) is 4.79 Å². The smallest absolute Gasteiger partial charge is 0.242 e. The molecule has 3 aromatic rings. The predicted molar refractivity (Wildman–Crippen MR) is 105 cm³/mol. The summed E-state index contributed by atoms with van der Waals surface area (Å²) in [6.45, 7) is 3.87. The van der Waals surface area contributed by atoms with Crippen LogP contribution < -0.4 is 4.90 Å². The molecule has 2 fully saturated rings. The first-order valence-corrected chi connectivity index (χ1v) is 9.59. The van der Waals surface area contributed by atoms with Crippen molar-refractivity contribution >= 4 is 34.4 Å². The molecule has 138 valence electrons. The lowest BCUT2D eigenvalue weighted by Gasteiger charge is -2.22. The third-order valence-electron chi connectivity index (χ3n) is 5.71. The maximum Gasteiger partial charge on any atom is 0.242 e. The summed E-state index contributed by atoms with van der Waals surface area (Å²) in [6.07, 6.45) is 3.45. The molecule has 2 aromatic heterocycles. The second-order valence-electron chi connectivity index (χ2n) is 7.42. The fourth-order valence-corrected chi connectivity index (χ4v) is 4.43. The number of pyridine rings is 1. The first-order valence-electron chi connectivity index (χ1n) is 9.21. The van der Waals surface area contributed by atoms with Crippen LogP contribution in [-0.2, 0) is 11.3 Å². The van der Waals surface area contributed by atoms with Crippen molar-refractivity contribution in [2.24, 2.45) is 11.8 Å². The first-order chi connectivity index (χ1) is 13.2. The number of benzene rings is 1. The minimum Gasteiger partial charge on any atom is -0.356 e. The van der Waals surface area contributed by atoms with Crippen LogP contribution in [0.4, 0.5) is 5.82 Å². The van der Waals surface area contributed by atoms with Crippen LogP contribution in [-0.4, -0.2) is 51.5 Å². The summed E-state index contributed by atoms with van der Waals surface area (Å²) < 4.78 is 1.94. The van der Waals surface area contributed by atoms with E-state index in [0.717, 1.165) is 43.0 Å². The van der Waals surface area contributed by atoms with Gasteiger partial charge < -0.3 is 14.4 Å². The molecule has 2 unspecified atom stereocenters. The Kier molecular flexibility index (Phi) is 4.01. The van der Waals surface area contributed by atoms with E-state index < -0.39 is 0 Å². The Morgan fingerprint density at radius 1 is 1.04 bits per heavy atom. The van der Waals surface area contributed by atoms with Crippen LogP contribution in [0.5, 0.6) is 0 Å². The quantitative estimate of drug-likeness (QED) is 0.700. The van der Waals surface area contributed by atoms with Crippen molar-refractivity contribution in [1.82, 2.24) is 19.4 Å². The highest BCUT2D eigenvalue weighted by Crippen LogP contribution is 2.33. The lowest BCUT2D eigenvalue weighted by Crippen LogP contribution is -2.35. The second kappa shape index (κ2) is 6.53. The van der Waals surface area contributed by atoms with E-state index in [1.165, 1.54) is 0 Å². The minimum atomic E-state index is 0.170. The number of rotatable bonds is 3. The van der Waals surface area contributed by atoms with Crippen molar-refractivity contribution in [2.75, 3.05) is 31.1 Å². The van der Waals surface area contributed by atoms with E-state index >= 15 is 0 Å². The zero-order valence-electron chi connectivity index (χ0n) is 14.8. The molecular formula is C20H20ClN5O. The largest absolute Gasteiger partial charge is 0.356 e. The molecule has 1 amide bonds. The summed E-state index contributed by atoms with van der Waals surface area (Å²) in [5.41, 5.74) is 1.93. The number of para-hydroxylation sites is 2. The van der Waals surface area contributed by atoms with Crippen LogP contribution in [0.2, 0.25) is 5.02 Å². The lowest BCUT2D eigenvalue weighted by atomic mass is 10.0. The highest BCUT2D eigenvalue weighted by Gasteiger charge is 2.41. The maximum absolute atomic E-state index is 12.8. The average molecular weight is 382 g/mol. The highest BCUT2D eigenvalue weighted by atomic mass is 35.5. The predicted octanol–water partition coefficient (Wildman–Crippen LogP) is 2.68. The Bertz CT molecular complexity index is 971. The van der Waals surface area contributed by atoms with Gasteiger partial charge in [-0.05, 0) is 24.3 Å². The number of carbonyl (C=O) groups excluding carboxylic acids is 1. The zero-order chi connectivity index (χ0) is 18.4. The summed E-state index contributed by atoms with van der Waals surface area (Å²) in [6, 6.07) is 11.8. The number of imidazole rings is 1. The summed E-state index contributed by atoms with van der Waals surface area (Å²) in [4.78, 5) is 25.9. The van der Waals surface area contributed by atoms with Crippen LogP contribution in [0, 0.1) is 11.8 Å². The number of aromatic nitrogens is 3. The first kappa shape index (κ1) is 16.6. The number of hydrogen-bond acceptors (Lipinski definition) is 4. The Labute approximate surface area is 162 Å². The number of fused-ring (bicyclic) bond motifs is 2. The van der Waals surface area contributed by atoms with Gasteiger partial charge in [0, 0.05) is 44.2 Å². The van der Waals surface area contributed by atoms with Gasteiger partial charge in [-0.25, -0.2) is 9.97 Å². The Morgan fingerprint density at radius 2 is 1.81 bits per heavy atom. The van der Waals surface area contributed by atoms with Gasteiger partial charge in [-0.1, -0.05) is 23.7 Å². The number of hydrogen-bond donors (Lipinski definition) is 0. The molecule has 0 bridgehead atoms. The normalized spacial score (nSPS) is 21.8. The molecule has 4 heterocycles. The van der Waals surface area contributed by atoms with Crippen LogP contribution in [0.1, 0.15) is 0 Å². The molecule has 0 aliphatic carbocycles. The SMILES string of the molecule is O=C(Cn1cnc2ccccc21)N1CC2CN(c3ccc(Cl)cn3)CC2C1. The van der Waals surface area contributed by atoms with Crippen LogP contribution in [0.3, 0.4) is 0 Å². The van der Waals surface area contributed by atoms with E-state index in [1.54, 1.807) is 12.5 Å². The molecule has 6 nitrogen and oxygen atoms in total. The van der Waals surface area contributed by atoms with Gasteiger partial charge >= 0.3 is 0 Å². The van der Waals surface area contributed by atoms with Gasteiger partial charge in [-0.2, -0.15) is 0 Å². The van der Waals surface area contributed by atoms with E-state index in [9.17, 15) is 4.79 Å². The highest BCUT2D eigenvalue weighted by molar-refractivity contribution is 6.30. The standard InChI is InChI=1S/C20H20ClN5O/c21-16-5-6-19(22-7-16)24-8-14-10-25(11-15(14)9-24)20(27)12-26-13-23-17-3-1-2-4-18(17)26/h1-7,13-15H,8-12H2. The molecule has 2 saturated heterocycles. The van der Waals surface area contributed by atoms with Crippen molar-refractivity contribution in [3.05, 3.63) is 53.9 Å². The van der Waals surface area contributed by atoms with Gasteiger partial charge in [0.1, 0.15) is 12.4 Å². The Morgan fingerprint density at radius 3 is 2.56 bits per heavy atom. The third-order valence-corrected chi connectivity index (χ3v) is 5.93. The number of amides is 1. The van der Waals surface area contributed by atoms with Crippen molar-refractivity contribution in [3.8, 4) is 0 Å². The molecule has 2 aliphatic rings. The number of carbonyl (C=O) groups is 1. The molecule has 0 saturated carbocycles. The Hall–Kier alpha value is -2.60. The minimum absolute atomic E-state index is 0.170. The van der Waals surface area contributed by atoms with E-state index in [4.69, 9.17) is 11.6 Å². The van der Waals surface area contributed by atoms with Gasteiger partial charge in [0.2, 0.25) is 5.91 Å². The fourth-order valence-electron chi connectivity index (χ4n) is 4.32. The number of halogens is 1. The van der Waals surface area contributed by atoms with Crippen LogP contribution >= 0.6 is 11.6 Å². The van der Waals surface area contributed by atoms with E-state index in [-0.39, 0.29) is 5.91 Å². The zero-order valence-corrected chi connectivity index (χ0v) is 15.6. The van der Waals surface area contributed by atoms with Crippen LogP contribution in [0.15, 0.2) is 48.9 Å². The molecule has 5 rings (SSSR count). The average Bonchev–Trinajstić information content (AvgIpc) is 3.36. The van der Waals surface area contributed by atoms with Crippen molar-refractivity contribution < 1.29 is 4.79 Å². The van der Waals surface area contributed by atoms with E-state index in [0.29, 0.717) is 23.4 Å². The summed E-state index contributed by atoms with van der Waals surface area (Å²) in [7, 11) is 0. The third kappa shape index (κ3) is 3.04. The topological polar surface area (TPSA) is 54.3 Å². The number of likely N-dealkylation sites (tertiary alicyclic amines) is 1. The molecular weight excluding hydrogens is 362 g/mol. The molecule has 0 N–H and O–H groups in total. The molecule has 0 radical (unpaired) electrons. The number of anilines is 1. The van der Waals surface area contributed by atoms with Gasteiger partial charge in [-0.15, -0.1) is 0 Å². The van der Waals surface area contributed by atoms with Gasteiger partial charge in [0.15, 0.2) is 0 Å². The van der Waals surface area contributed by atoms with E-state index in [1.807, 2.05) is 45.9 Å². The van der Waals surface area contributed by atoms with Crippen molar-refractivity contribution in [2.45, 2.75) is 6.54 Å². The van der Waals surface area contributed by atoms with Crippen molar-refractivity contribution in [3.63, 3.8) is 0 Å². The van der Waals surface area contributed by atoms with Crippen molar-refractivity contribution in [1.29, 1.82) is 0 Å². The molecule has 7 heteroatoms. The Balaban J connectivity index is 1.23. The molecule has 2 aliphatic heterocycles. The molecule has 2 atom stereocenters. The summed E-state index contributed by atoms with van der Waals surface area (Å²) in [5, 5.41) is 0.655. The maximum atomic E-state index is 12.8. The second-order valence-corrected chi connectivity index (χ2v) is 7.86. The molecule has 1 aromatic carbocycles.